The zero-order chi connectivity index (χ0) is 16.4. The van der Waals surface area contributed by atoms with Crippen molar-refractivity contribution >= 4 is 16.6 Å². The van der Waals surface area contributed by atoms with E-state index >= 15 is 0 Å². The van der Waals surface area contributed by atoms with Crippen LogP contribution in [0.3, 0.4) is 0 Å². The molecule has 5 nitrogen and oxygen atoms in total. The van der Waals surface area contributed by atoms with Crippen molar-refractivity contribution in [3.8, 4) is 0 Å². The molecule has 1 aromatic carbocycles. The molecule has 2 aliphatic heterocycles. The van der Waals surface area contributed by atoms with E-state index in [-0.39, 0.29) is 0 Å². The van der Waals surface area contributed by atoms with E-state index in [0.29, 0.717) is 5.92 Å². The smallest absolute Gasteiger partial charge is 0.116 e. The number of nitrogens with zero attached hydrogens (tertiary/aromatic N) is 4. The second kappa shape index (κ2) is 7.03. The summed E-state index contributed by atoms with van der Waals surface area (Å²) in [5.74, 6) is 0.565. The van der Waals surface area contributed by atoms with E-state index in [1.54, 1.807) is 6.33 Å². The number of piperidine rings is 1. The fourth-order valence-electron chi connectivity index (χ4n) is 4.01. The van der Waals surface area contributed by atoms with Crippen LogP contribution in [0.4, 0.5) is 5.69 Å². The van der Waals surface area contributed by atoms with E-state index < -0.39 is 0 Å². The molecule has 2 aliphatic rings. The molecule has 1 N–H and O–H groups in total. The van der Waals surface area contributed by atoms with Crippen LogP contribution in [0, 0.1) is 0 Å². The van der Waals surface area contributed by atoms with Gasteiger partial charge in [0.2, 0.25) is 0 Å². The lowest BCUT2D eigenvalue weighted by Crippen LogP contribution is -2.46. The van der Waals surface area contributed by atoms with E-state index in [1.165, 1.54) is 29.6 Å². The molecular formula is C19H27N5. The third-order valence-electron chi connectivity index (χ3n) is 5.56. The second-order valence-electron chi connectivity index (χ2n) is 6.91. The maximum atomic E-state index is 4.63. The Balaban J connectivity index is 1.60. The van der Waals surface area contributed by atoms with Gasteiger partial charge in [-0.3, -0.25) is 0 Å². The van der Waals surface area contributed by atoms with Gasteiger partial charge in [-0.2, -0.15) is 0 Å². The minimum Gasteiger partial charge on any atom is -0.369 e. The molecule has 128 valence electrons. The van der Waals surface area contributed by atoms with Crippen LogP contribution in [-0.4, -0.2) is 60.7 Å². The average molecular weight is 325 g/mol. The van der Waals surface area contributed by atoms with Crippen molar-refractivity contribution in [1.82, 2.24) is 20.2 Å². The van der Waals surface area contributed by atoms with Gasteiger partial charge < -0.3 is 15.1 Å². The molecule has 0 saturated carbocycles. The average Bonchev–Trinajstić information content (AvgIpc) is 2.68. The summed E-state index contributed by atoms with van der Waals surface area (Å²) in [6.07, 6.45) is 4.10. The SMILES string of the molecule is CCN1CCN(c2ccc3c(C4CCNCC4)ncnc3c2)CC1. The van der Waals surface area contributed by atoms with Crippen molar-refractivity contribution in [1.29, 1.82) is 0 Å². The largest absolute Gasteiger partial charge is 0.369 e. The molecule has 2 saturated heterocycles. The topological polar surface area (TPSA) is 44.3 Å². The highest BCUT2D eigenvalue weighted by molar-refractivity contribution is 5.84. The molecule has 0 atom stereocenters. The van der Waals surface area contributed by atoms with E-state index in [1.807, 2.05) is 0 Å². The first-order valence-corrected chi connectivity index (χ1v) is 9.28. The van der Waals surface area contributed by atoms with Gasteiger partial charge in [-0.25, -0.2) is 9.97 Å². The van der Waals surface area contributed by atoms with Crippen LogP contribution in [0.5, 0.6) is 0 Å². The van der Waals surface area contributed by atoms with Crippen LogP contribution in [0.2, 0.25) is 0 Å². The summed E-state index contributed by atoms with van der Waals surface area (Å²) in [6, 6.07) is 6.76. The predicted octanol–water partition coefficient (Wildman–Crippen LogP) is 2.24. The lowest BCUT2D eigenvalue weighted by atomic mass is 9.92. The van der Waals surface area contributed by atoms with Gasteiger partial charge >= 0.3 is 0 Å². The number of hydrogen-bond acceptors (Lipinski definition) is 5. The Kier molecular flexibility index (Phi) is 4.63. The highest BCUT2D eigenvalue weighted by atomic mass is 15.3. The highest BCUT2D eigenvalue weighted by Gasteiger charge is 2.20. The van der Waals surface area contributed by atoms with Gasteiger partial charge in [0.15, 0.2) is 0 Å². The Morgan fingerprint density at radius 2 is 1.88 bits per heavy atom. The first-order chi connectivity index (χ1) is 11.8. The molecule has 5 heteroatoms. The second-order valence-corrected chi connectivity index (χ2v) is 6.91. The normalized spacial score (nSPS) is 20.6. The van der Waals surface area contributed by atoms with Crippen molar-refractivity contribution in [3.63, 3.8) is 0 Å². The van der Waals surface area contributed by atoms with E-state index in [4.69, 9.17) is 0 Å². The summed E-state index contributed by atoms with van der Waals surface area (Å²) in [5, 5.41) is 4.68. The quantitative estimate of drug-likeness (QED) is 0.937. The molecule has 24 heavy (non-hydrogen) atoms. The first kappa shape index (κ1) is 15.8. The van der Waals surface area contributed by atoms with E-state index in [9.17, 15) is 0 Å². The van der Waals surface area contributed by atoms with Crippen LogP contribution >= 0.6 is 0 Å². The molecular weight excluding hydrogens is 298 g/mol. The molecule has 2 fully saturated rings. The van der Waals surface area contributed by atoms with Gasteiger partial charge in [0.05, 0.1) is 11.2 Å². The summed E-state index contributed by atoms with van der Waals surface area (Å²) < 4.78 is 0. The monoisotopic (exact) mass is 325 g/mol. The number of likely N-dealkylation sites (N-methyl/N-ethyl adjacent to an activating group) is 1. The molecule has 0 amide bonds. The van der Waals surface area contributed by atoms with Crippen LogP contribution in [0.1, 0.15) is 31.4 Å². The molecule has 2 aromatic rings. The van der Waals surface area contributed by atoms with E-state index in [2.05, 4.69) is 50.2 Å². The zero-order valence-corrected chi connectivity index (χ0v) is 14.5. The number of anilines is 1. The Morgan fingerprint density at radius 3 is 2.62 bits per heavy atom. The summed E-state index contributed by atoms with van der Waals surface area (Å²) in [5.41, 5.74) is 3.63. The van der Waals surface area contributed by atoms with Crippen molar-refractivity contribution in [2.45, 2.75) is 25.7 Å². The fraction of sp³-hybridized carbons (Fsp3) is 0.579. The number of aromatic nitrogens is 2. The van der Waals surface area contributed by atoms with Crippen LogP contribution in [0.15, 0.2) is 24.5 Å². The molecule has 0 unspecified atom stereocenters. The summed E-state index contributed by atoms with van der Waals surface area (Å²) in [4.78, 5) is 14.2. The van der Waals surface area contributed by atoms with Crippen LogP contribution in [0.25, 0.3) is 10.9 Å². The van der Waals surface area contributed by atoms with Crippen molar-refractivity contribution in [2.75, 3.05) is 50.7 Å². The Hall–Kier alpha value is -1.72. The van der Waals surface area contributed by atoms with Crippen molar-refractivity contribution < 1.29 is 0 Å². The molecule has 1 aromatic heterocycles. The standard InChI is InChI=1S/C19H27N5/c1-2-23-9-11-24(12-10-23)16-3-4-17-18(13-16)21-14-22-19(17)15-5-7-20-8-6-15/h3-4,13-15,20H,2,5-12H2,1H3. The minimum absolute atomic E-state index is 0.565. The van der Waals surface area contributed by atoms with Crippen molar-refractivity contribution in [2.24, 2.45) is 0 Å². The Labute approximate surface area is 144 Å². The van der Waals surface area contributed by atoms with Gasteiger partial charge in [0.25, 0.3) is 0 Å². The third kappa shape index (κ3) is 3.10. The van der Waals surface area contributed by atoms with Gasteiger partial charge in [0, 0.05) is 43.2 Å². The molecule has 3 heterocycles. The van der Waals surface area contributed by atoms with Crippen molar-refractivity contribution in [3.05, 3.63) is 30.2 Å². The highest BCUT2D eigenvalue weighted by Crippen LogP contribution is 2.30. The van der Waals surface area contributed by atoms with Crippen LogP contribution in [-0.2, 0) is 0 Å². The molecule has 0 bridgehead atoms. The number of fused-ring (bicyclic) bond motifs is 1. The van der Waals surface area contributed by atoms with E-state index in [0.717, 1.165) is 51.3 Å². The van der Waals surface area contributed by atoms with Gasteiger partial charge in [-0.05, 0) is 50.7 Å². The first-order valence-electron chi connectivity index (χ1n) is 9.28. The summed E-state index contributed by atoms with van der Waals surface area (Å²) in [6.45, 7) is 10.1. The predicted molar refractivity (Wildman–Crippen MR) is 98.7 cm³/mol. The number of benzene rings is 1. The molecule has 0 aliphatic carbocycles. The summed E-state index contributed by atoms with van der Waals surface area (Å²) in [7, 11) is 0. The minimum atomic E-state index is 0.565. The van der Waals surface area contributed by atoms with Gasteiger partial charge in [0.1, 0.15) is 6.33 Å². The van der Waals surface area contributed by atoms with Gasteiger partial charge in [-0.15, -0.1) is 0 Å². The number of piperazine rings is 1. The van der Waals surface area contributed by atoms with Crippen LogP contribution < -0.4 is 10.2 Å². The zero-order valence-electron chi connectivity index (χ0n) is 14.5. The fourth-order valence-corrected chi connectivity index (χ4v) is 4.01. The number of hydrogen-bond donors (Lipinski definition) is 1. The third-order valence-corrected chi connectivity index (χ3v) is 5.56. The Morgan fingerprint density at radius 1 is 1.08 bits per heavy atom. The lowest BCUT2D eigenvalue weighted by Gasteiger charge is -2.35. The van der Waals surface area contributed by atoms with Gasteiger partial charge in [-0.1, -0.05) is 6.92 Å². The number of rotatable bonds is 3. The summed E-state index contributed by atoms with van der Waals surface area (Å²) >= 11 is 0. The molecule has 4 rings (SSSR count). The number of nitrogens with one attached hydrogen (secondary N) is 1. The molecule has 0 spiro atoms. The Bertz CT molecular complexity index is 687. The maximum Gasteiger partial charge on any atom is 0.116 e. The lowest BCUT2D eigenvalue weighted by molar-refractivity contribution is 0.271. The molecule has 0 radical (unpaired) electrons. The maximum absolute atomic E-state index is 4.63.